The predicted molar refractivity (Wildman–Crippen MR) is 92.2 cm³/mol. The molecule has 1 N–H and O–H groups in total. The lowest BCUT2D eigenvalue weighted by Crippen LogP contribution is -2.41. The van der Waals surface area contributed by atoms with Crippen LogP contribution in [0.5, 0.6) is 0 Å². The third-order valence-corrected chi connectivity index (χ3v) is 3.95. The molecule has 0 spiro atoms. The van der Waals surface area contributed by atoms with Crippen LogP contribution >= 0.6 is 11.8 Å². The smallest absolute Gasteiger partial charge is 0.230 e. The second-order valence-electron chi connectivity index (χ2n) is 6.65. The van der Waals surface area contributed by atoms with E-state index in [9.17, 15) is 4.79 Å². The number of nitrogens with zero attached hydrogens (tertiary/aromatic N) is 2. The van der Waals surface area contributed by atoms with E-state index in [0.717, 1.165) is 21.8 Å². The van der Waals surface area contributed by atoms with Crippen molar-refractivity contribution in [3.8, 4) is 0 Å². The number of nitrogens with one attached hydrogen (secondary N) is 1. The maximum Gasteiger partial charge on any atom is 0.230 e. The molecule has 0 radical (unpaired) electrons. The number of thioether (sulfide) groups is 1. The highest BCUT2D eigenvalue weighted by molar-refractivity contribution is 8.00. The highest BCUT2D eigenvalue weighted by Crippen LogP contribution is 2.27. The zero-order chi connectivity index (χ0) is 16.3. The molecule has 0 saturated carbocycles. The number of amides is 1. The van der Waals surface area contributed by atoms with Gasteiger partial charge < -0.3 is 5.32 Å². The third kappa shape index (κ3) is 4.44. The van der Waals surface area contributed by atoms with E-state index in [2.05, 4.69) is 29.1 Å². The van der Waals surface area contributed by atoms with Gasteiger partial charge in [-0.2, -0.15) is 0 Å². The summed E-state index contributed by atoms with van der Waals surface area (Å²) in [4.78, 5) is 21.2. The molecular formula is C17H23N3OS. The first-order valence-corrected chi connectivity index (χ1v) is 8.45. The van der Waals surface area contributed by atoms with E-state index >= 15 is 0 Å². The van der Waals surface area contributed by atoms with Gasteiger partial charge in [-0.15, -0.1) is 0 Å². The third-order valence-electron chi connectivity index (χ3n) is 2.96. The lowest BCUT2D eigenvalue weighted by molar-refractivity contribution is -0.119. The number of carbonyl (C=O) groups excluding carboxylic acids is 1. The number of hydrogen-bond donors (Lipinski definition) is 1. The number of fused-ring (bicyclic) bond motifs is 1. The van der Waals surface area contributed by atoms with Gasteiger partial charge in [-0.25, -0.2) is 9.97 Å². The van der Waals surface area contributed by atoms with Gasteiger partial charge in [0.25, 0.3) is 0 Å². The van der Waals surface area contributed by atoms with Gasteiger partial charge in [-0.3, -0.25) is 4.79 Å². The molecule has 1 aromatic heterocycles. The average Bonchev–Trinajstić information content (AvgIpc) is 2.42. The van der Waals surface area contributed by atoms with Crippen molar-refractivity contribution in [2.24, 2.45) is 0 Å². The first-order valence-electron chi connectivity index (χ1n) is 7.47. The van der Waals surface area contributed by atoms with Crippen LogP contribution in [0.1, 0.15) is 46.4 Å². The molecule has 2 rings (SSSR count). The maximum absolute atomic E-state index is 12.0. The lowest BCUT2D eigenvalue weighted by Gasteiger charge is -2.20. The van der Waals surface area contributed by atoms with Crippen molar-refractivity contribution in [1.82, 2.24) is 15.3 Å². The van der Waals surface area contributed by atoms with Gasteiger partial charge in [-0.05, 0) is 26.8 Å². The van der Waals surface area contributed by atoms with E-state index in [1.54, 1.807) is 0 Å². The maximum atomic E-state index is 12.0. The Morgan fingerprint density at radius 3 is 2.55 bits per heavy atom. The summed E-state index contributed by atoms with van der Waals surface area (Å²) in [7, 11) is 0. The SMILES string of the molecule is CC(C)c1nc(SCC(=O)NC(C)(C)C)c2ccccc2n1. The minimum absolute atomic E-state index is 0.0197. The van der Waals surface area contributed by atoms with Crippen LogP contribution in [-0.4, -0.2) is 27.2 Å². The van der Waals surface area contributed by atoms with Crippen LogP contribution in [0, 0.1) is 0 Å². The molecule has 5 heteroatoms. The molecule has 1 aromatic carbocycles. The summed E-state index contributed by atoms with van der Waals surface area (Å²) in [5, 5.41) is 4.85. The first kappa shape index (κ1) is 16.7. The molecule has 0 fully saturated rings. The van der Waals surface area contributed by atoms with Gasteiger partial charge >= 0.3 is 0 Å². The number of aromatic nitrogens is 2. The Balaban J connectivity index is 2.24. The highest BCUT2D eigenvalue weighted by Gasteiger charge is 2.16. The van der Waals surface area contributed by atoms with Crippen LogP contribution < -0.4 is 5.32 Å². The fourth-order valence-corrected chi connectivity index (χ4v) is 2.85. The van der Waals surface area contributed by atoms with Crippen molar-refractivity contribution in [1.29, 1.82) is 0 Å². The van der Waals surface area contributed by atoms with Crippen LogP contribution in [0.2, 0.25) is 0 Å². The summed E-state index contributed by atoms with van der Waals surface area (Å²) >= 11 is 1.47. The Kier molecular flexibility index (Phi) is 5.06. The molecule has 1 heterocycles. The van der Waals surface area contributed by atoms with Crippen molar-refractivity contribution < 1.29 is 4.79 Å². The van der Waals surface area contributed by atoms with Crippen LogP contribution in [0.3, 0.4) is 0 Å². The molecular weight excluding hydrogens is 294 g/mol. The molecule has 0 aliphatic heterocycles. The summed E-state index contributed by atoms with van der Waals surface area (Å²) in [5.41, 5.74) is 0.717. The first-order chi connectivity index (χ1) is 10.3. The van der Waals surface area contributed by atoms with Gasteiger partial charge in [0, 0.05) is 16.8 Å². The topological polar surface area (TPSA) is 54.9 Å². The summed E-state index contributed by atoms with van der Waals surface area (Å²) in [6.07, 6.45) is 0. The molecule has 0 saturated heterocycles. The Hall–Kier alpha value is -1.62. The molecule has 1 amide bonds. The summed E-state index contributed by atoms with van der Waals surface area (Å²) < 4.78 is 0. The summed E-state index contributed by atoms with van der Waals surface area (Å²) in [5.74, 6) is 1.45. The number of benzene rings is 1. The summed E-state index contributed by atoms with van der Waals surface area (Å²) in [6, 6.07) is 7.94. The van der Waals surface area contributed by atoms with Gasteiger partial charge in [-0.1, -0.05) is 43.8 Å². The second kappa shape index (κ2) is 6.65. The zero-order valence-electron chi connectivity index (χ0n) is 13.8. The largest absolute Gasteiger partial charge is 0.351 e. The Bertz CT molecular complexity index is 677. The monoisotopic (exact) mass is 317 g/mol. The minimum atomic E-state index is -0.214. The van der Waals surface area contributed by atoms with E-state index in [0.29, 0.717) is 5.75 Å². The fraction of sp³-hybridized carbons (Fsp3) is 0.471. The zero-order valence-corrected chi connectivity index (χ0v) is 14.6. The Morgan fingerprint density at radius 1 is 1.23 bits per heavy atom. The summed E-state index contributed by atoms with van der Waals surface area (Å²) in [6.45, 7) is 10.1. The van der Waals surface area contributed by atoms with Crippen molar-refractivity contribution in [2.45, 2.75) is 51.1 Å². The Labute approximate surface area is 136 Å². The van der Waals surface area contributed by atoms with E-state index in [-0.39, 0.29) is 17.4 Å². The molecule has 22 heavy (non-hydrogen) atoms. The standard InChI is InChI=1S/C17H23N3OS/c1-11(2)15-18-13-9-7-6-8-12(13)16(19-15)22-10-14(21)20-17(3,4)5/h6-9,11H,10H2,1-5H3,(H,20,21). The molecule has 0 unspecified atom stereocenters. The average molecular weight is 317 g/mol. The number of hydrogen-bond acceptors (Lipinski definition) is 4. The van der Waals surface area contributed by atoms with Crippen LogP contribution in [0.25, 0.3) is 10.9 Å². The van der Waals surface area contributed by atoms with Gasteiger partial charge in [0.05, 0.1) is 11.3 Å². The molecule has 2 aromatic rings. The number of para-hydroxylation sites is 1. The van der Waals surface area contributed by atoms with Crippen molar-refractivity contribution in [2.75, 3.05) is 5.75 Å². The van der Waals surface area contributed by atoms with Crippen molar-refractivity contribution in [3.63, 3.8) is 0 Å². The normalized spacial score (nSPS) is 11.9. The molecule has 118 valence electrons. The molecule has 0 aliphatic carbocycles. The van der Waals surface area contributed by atoms with Gasteiger partial charge in [0.2, 0.25) is 5.91 Å². The predicted octanol–water partition coefficient (Wildman–Crippen LogP) is 3.76. The van der Waals surface area contributed by atoms with E-state index in [4.69, 9.17) is 0 Å². The van der Waals surface area contributed by atoms with Crippen molar-refractivity contribution >= 4 is 28.6 Å². The van der Waals surface area contributed by atoms with Crippen LogP contribution in [-0.2, 0) is 4.79 Å². The fourth-order valence-electron chi connectivity index (χ4n) is 2.02. The number of rotatable bonds is 4. The molecule has 0 aliphatic rings. The lowest BCUT2D eigenvalue weighted by atomic mass is 10.1. The highest BCUT2D eigenvalue weighted by atomic mass is 32.2. The quantitative estimate of drug-likeness (QED) is 0.689. The van der Waals surface area contributed by atoms with Crippen molar-refractivity contribution in [3.05, 3.63) is 30.1 Å². The minimum Gasteiger partial charge on any atom is -0.351 e. The van der Waals surface area contributed by atoms with E-state index in [1.165, 1.54) is 11.8 Å². The van der Waals surface area contributed by atoms with Gasteiger partial charge in [0.15, 0.2) is 0 Å². The molecule has 4 nitrogen and oxygen atoms in total. The second-order valence-corrected chi connectivity index (χ2v) is 7.61. The van der Waals surface area contributed by atoms with Gasteiger partial charge in [0.1, 0.15) is 10.9 Å². The number of carbonyl (C=O) groups is 1. The van der Waals surface area contributed by atoms with Crippen LogP contribution in [0.4, 0.5) is 0 Å². The molecule has 0 bridgehead atoms. The van der Waals surface area contributed by atoms with E-state index < -0.39 is 0 Å². The van der Waals surface area contributed by atoms with Crippen LogP contribution in [0.15, 0.2) is 29.3 Å². The van der Waals surface area contributed by atoms with E-state index in [1.807, 2.05) is 45.0 Å². The molecule has 0 atom stereocenters. The Morgan fingerprint density at radius 2 is 1.91 bits per heavy atom.